The second kappa shape index (κ2) is 10.9. The zero-order chi connectivity index (χ0) is 22.2. The highest BCUT2D eigenvalue weighted by atomic mass is 16.4. The predicted molar refractivity (Wildman–Crippen MR) is 126 cm³/mol. The van der Waals surface area contributed by atoms with Gasteiger partial charge in [-0.1, -0.05) is 56.3 Å². The van der Waals surface area contributed by atoms with Crippen molar-refractivity contribution in [2.45, 2.75) is 65.2 Å². The molecule has 1 aromatic heterocycles. The number of carbonyl (C=O) groups is 2. The molecule has 4 heteroatoms. The van der Waals surface area contributed by atoms with Crippen LogP contribution in [0.4, 0.5) is 0 Å². The zero-order valence-electron chi connectivity index (χ0n) is 18.6. The number of aromatic amines is 1. The number of carboxylic acid groups (broad SMARTS) is 1. The van der Waals surface area contributed by atoms with E-state index in [0.717, 1.165) is 47.8 Å². The first kappa shape index (κ1) is 22.8. The standard InChI is InChI=1S/C27H33NO3/c1-19(2)18-21-16-14-20(15-17-21)8-3-6-12-25(29)27-22-9-4-5-10-23(22)28-24(27)11-7-13-26(30)31/h4-5,9-10,14-17,19,28H,3,6-8,11-13,18H2,1-2H3,(H,30,31). The molecule has 0 saturated heterocycles. The highest BCUT2D eigenvalue weighted by Gasteiger charge is 2.18. The number of hydrogen-bond donors (Lipinski definition) is 2. The van der Waals surface area contributed by atoms with Gasteiger partial charge in [0, 0.05) is 35.0 Å². The topological polar surface area (TPSA) is 70.2 Å². The maximum atomic E-state index is 13.1. The average Bonchev–Trinajstić information content (AvgIpc) is 3.10. The van der Waals surface area contributed by atoms with Crippen LogP contribution in [0, 0.1) is 5.92 Å². The third kappa shape index (κ3) is 6.55. The van der Waals surface area contributed by atoms with Crippen LogP contribution in [0.3, 0.4) is 0 Å². The van der Waals surface area contributed by atoms with E-state index >= 15 is 0 Å². The van der Waals surface area contributed by atoms with E-state index in [1.165, 1.54) is 11.1 Å². The van der Waals surface area contributed by atoms with Gasteiger partial charge in [0.05, 0.1) is 0 Å². The summed E-state index contributed by atoms with van der Waals surface area (Å²) in [6.07, 6.45) is 5.63. The van der Waals surface area contributed by atoms with Crippen LogP contribution in [0.5, 0.6) is 0 Å². The molecule has 0 aliphatic rings. The number of carbonyl (C=O) groups excluding carboxylic acids is 1. The number of para-hydroxylation sites is 1. The Morgan fingerprint density at radius 2 is 1.58 bits per heavy atom. The van der Waals surface area contributed by atoms with Crippen LogP contribution in [0.25, 0.3) is 10.9 Å². The van der Waals surface area contributed by atoms with Gasteiger partial charge in [0.1, 0.15) is 0 Å². The van der Waals surface area contributed by atoms with Crippen LogP contribution >= 0.6 is 0 Å². The van der Waals surface area contributed by atoms with Crippen molar-refractivity contribution in [2.75, 3.05) is 0 Å². The average molecular weight is 420 g/mol. The van der Waals surface area contributed by atoms with E-state index in [9.17, 15) is 9.59 Å². The van der Waals surface area contributed by atoms with Crippen LogP contribution in [0.1, 0.15) is 73.1 Å². The Kier molecular flexibility index (Phi) is 8.05. The van der Waals surface area contributed by atoms with Crippen LogP contribution in [0.15, 0.2) is 48.5 Å². The summed E-state index contributed by atoms with van der Waals surface area (Å²) >= 11 is 0. The van der Waals surface area contributed by atoms with E-state index in [2.05, 4.69) is 43.1 Å². The molecule has 0 saturated carbocycles. The lowest BCUT2D eigenvalue weighted by Gasteiger charge is -2.07. The molecule has 2 aromatic carbocycles. The Labute approximate surface area is 184 Å². The van der Waals surface area contributed by atoms with E-state index in [4.69, 9.17) is 5.11 Å². The molecule has 0 fully saturated rings. The molecular weight excluding hydrogens is 386 g/mol. The first-order valence-electron chi connectivity index (χ1n) is 11.4. The van der Waals surface area contributed by atoms with Crippen LogP contribution in [-0.4, -0.2) is 21.8 Å². The molecule has 0 amide bonds. The molecule has 0 atom stereocenters. The number of hydrogen-bond acceptors (Lipinski definition) is 2. The van der Waals surface area contributed by atoms with Crippen molar-refractivity contribution in [1.82, 2.24) is 4.98 Å². The Bertz CT molecular complexity index is 1010. The van der Waals surface area contributed by atoms with Crippen LogP contribution in [0.2, 0.25) is 0 Å². The number of rotatable bonds is 12. The Morgan fingerprint density at radius 3 is 2.29 bits per heavy atom. The van der Waals surface area contributed by atoms with Crippen molar-refractivity contribution in [2.24, 2.45) is 5.92 Å². The summed E-state index contributed by atoms with van der Waals surface area (Å²) < 4.78 is 0. The smallest absolute Gasteiger partial charge is 0.303 e. The number of aryl methyl sites for hydroxylation is 2. The SMILES string of the molecule is CC(C)Cc1ccc(CCCCC(=O)c2c(CCCC(=O)O)[nH]c3ccccc23)cc1. The molecule has 0 radical (unpaired) electrons. The number of ketones is 1. The molecule has 1 heterocycles. The van der Waals surface area contributed by atoms with Gasteiger partial charge in [-0.2, -0.15) is 0 Å². The number of aromatic nitrogens is 1. The lowest BCUT2D eigenvalue weighted by molar-refractivity contribution is -0.137. The molecule has 0 spiro atoms. The normalized spacial score (nSPS) is 11.3. The van der Waals surface area contributed by atoms with Gasteiger partial charge < -0.3 is 10.1 Å². The molecule has 0 aliphatic heterocycles. The van der Waals surface area contributed by atoms with Gasteiger partial charge in [-0.15, -0.1) is 0 Å². The van der Waals surface area contributed by atoms with Crippen molar-refractivity contribution in [3.05, 3.63) is 70.9 Å². The van der Waals surface area contributed by atoms with Crippen molar-refractivity contribution in [1.29, 1.82) is 0 Å². The number of fused-ring (bicyclic) bond motifs is 1. The minimum Gasteiger partial charge on any atom is -0.481 e. The third-order valence-electron chi connectivity index (χ3n) is 5.67. The van der Waals surface area contributed by atoms with E-state index in [-0.39, 0.29) is 12.2 Å². The van der Waals surface area contributed by atoms with Crippen molar-refractivity contribution >= 4 is 22.7 Å². The molecule has 3 rings (SSSR count). The summed E-state index contributed by atoms with van der Waals surface area (Å²) in [5.41, 5.74) is 5.26. The summed E-state index contributed by atoms with van der Waals surface area (Å²) in [4.78, 5) is 27.3. The Morgan fingerprint density at radius 1 is 0.871 bits per heavy atom. The lowest BCUT2D eigenvalue weighted by atomic mass is 9.97. The van der Waals surface area contributed by atoms with Gasteiger partial charge in [0.15, 0.2) is 5.78 Å². The quantitative estimate of drug-likeness (QED) is 0.265. The van der Waals surface area contributed by atoms with E-state index in [1.807, 2.05) is 24.3 Å². The first-order chi connectivity index (χ1) is 14.9. The largest absolute Gasteiger partial charge is 0.481 e. The second-order valence-electron chi connectivity index (χ2n) is 8.82. The van der Waals surface area contributed by atoms with Crippen LogP contribution in [-0.2, 0) is 24.1 Å². The van der Waals surface area contributed by atoms with Gasteiger partial charge >= 0.3 is 5.97 Å². The summed E-state index contributed by atoms with van der Waals surface area (Å²) in [6.45, 7) is 4.46. The minimum absolute atomic E-state index is 0.110. The highest BCUT2D eigenvalue weighted by molar-refractivity contribution is 6.09. The maximum Gasteiger partial charge on any atom is 0.303 e. The molecular formula is C27H33NO3. The fraction of sp³-hybridized carbons (Fsp3) is 0.407. The van der Waals surface area contributed by atoms with Gasteiger partial charge in [-0.3, -0.25) is 9.59 Å². The highest BCUT2D eigenvalue weighted by Crippen LogP contribution is 2.26. The van der Waals surface area contributed by atoms with E-state index in [0.29, 0.717) is 25.2 Å². The first-order valence-corrected chi connectivity index (χ1v) is 11.4. The van der Waals surface area contributed by atoms with Gasteiger partial charge in [0.2, 0.25) is 0 Å². The van der Waals surface area contributed by atoms with Crippen molar-refractivity contribution in [3.8, 4) is 0 Å². The number of aliphatic carboxylic acids is 1. The van der Waals surface area contributed by atoms with Gasteiger partial charge in [-0.25, -0.2) is 0 Å². The van der Waals surface area contributed by atoms with Crippen molar-refractivity contribution in [3.63, 3.8) is 0 Å². The maximum absolute atomic E-state index is 13.1. The Balaban J connectivity index is 1.57. The number of carboxylic acids is 1. The van der Waals surface area contributed by atoms with E-state index < -0.39 is 5.97 Å². The fourth-order valence-corrected chi connectivity index (χ4v) is 4.17. The van der Waals surface area contributed by atoms with E-state index in [1.54, 1.807) is 0 Å². The molecule has 164 valence electrons. The molecule has 4 nitrogen and oxygen atoms in total. The number of benzene rings is 2. The molecule has 0 aliphatic carbocycles. The van der Waals surface area contributed by atoms with Gasteiger partial charge in [-0.05, 0) is 61.6 Å². The molecule has 2 N–H and O–H groups in total. The summed E-state index contributed by atoms with van der Waals surface area (Å²) in [6, 6.07) is 16.7. The number of nitrogens with one attached hydrogen (secondary N) is 1. The molecule has 31 heavy (non-hydrogen) atoms. The minimum atomic E-state index is -0.804. The van der Waals surface area contributed by atoms with Gasteiger partial charge in [0.25, 0.3) is 0 Å². The molecule has 0 unspecified atom stereocenters. The third-order valence-corrected chi connectivity index (χ3v) is 5.67. The monoisotopic (exact) mass is 419 g/mol. The summed E-state index contributed by atoms with van der Waals surface area (Å²) in [5, 5.41) is 9.87. The summed E-state index contributed by atoms with van der Waals surface area (Å²) in [5.74, 6) is 0.00618. The predicted octanol–water partition coefficient (Wildman–Crippen LogP) is 6.37. The fourth-order valence-electron chi connectivity index (χ4n) is 4.17. The molecule has 3 aromatic rings. The second-order valence-corrected chi connectivity index (χ2v) is 8.82. The summed E-state index contributed by atoms with van der Waals surface area (Å²) in [7, 11) is 0. The number of unbranched alkanes of at least 4 members (excludes halogenated alkanes) is 1. The molecule has 0 bridgehead atoms. The van der Waals surface area contributed by atoms with Crippen LogP contribution < -0.4 is 0 Å². The number of H-pyrrole nitrogens is 1. The van der Waals surface area contributed by atoms with Crippen molar-refractivity contribution < 1.29 is 14.7 Å². The Hall–Kier alpha value is -2.88. The zero-order valence-corrected chi connectivity index (χ0v) is 18.6. The lowest BCUT2D eigenvalue weighted by Crippen LogP contribution is -2.04. The number of Topliss-reactive ketones (excluding diaryl/α,β-unsaturated/α-hetero) is 1.